The Labute approximate surface area is 183 Å². The van der Waals surface area contributed by atoms with Crippen molar-refractivity contribution in [2.75, 3.05) is 19.1 Å². The van der Waals surface area contributed by atoms with Gasteiger partial charge in [-0.2, -0.15) is 0 Å². The summed E-state index contributed by atoms with van der Waals surface area (Å²) in [5, 5.41) is 0. The van der Waals surface area contributed by atoms with Gasteiger partial charge in [0.15, 0.2) is 11.5 Å². The molecule has 0 aliphatic heterocycles. The van der Waals surface area contributed by atoms with Crippen molar-refractivity contribution in [1.29, 1.82) is 0 Å². The van der Waals surface area contributed by atoms with Crippen molar-refractivity contribution in [1.82, 2.24) is 0 Å². The maximum Gasteiger partial charge on any atom is 0.169 e. The minimum atomic E-state index is 0.689. The van der Waals surface area contributed by atoms with Crippen molar-refractivity contribution in [2.45, 2.75) is 0 Å². The molecular weight excluding hydrogens is 382 g/mol. The van der Waals surface area contributed by atoms with Gasteiger partial charge in [0.25, 0.3) is 0 Å². The Morgan fingerprint density at radius 2 is 1.13 bits per heavy atom. The summed E-state index contributed by atoms with van der Waals surface area (Å²) in [6.07, 6.45) is 1.77. The largest absolute Gasteiger partial charge is 0.492 e. The number of methoxy groups -OCH3 is 2. The molecule has 0 amide bonds. The van der Waals surface area contributed by atoms with Gasteiger partial charge in [-0.25, -0.2) is 0 Å². The monoisotopic (exact) mass is 407 g/mol. The second-order valence-electron chi connectivity index (χ2n) is 7.03. The van der Waals surface area contributed by atoms with Gasteiger partial charge >= 0.3 is 0 Å². The fourth-order valence-electron chi connectivity index (χ4n) is 3.77. The molecule has 0 spiro atoms. The molecule has 0 unspecified atom stereocenters. The van der Waals surface area contributed by atoms with E-state index in [9.17, 15) is 0 Å². The van der Waals surface area contributed by atoms with E-state index in [4.69, 9.17) is 9.47 Å². The van der Waals surface area contributed by atoms with Gasteiger partial charge in [0.1, 0.15) is 0 Å². The highest BCUT2D eigenvalue weighted by molar-refractivity contribution is 5.81. The van der Waals surface area contributed by atoms with Gasteiger partial charge < -0.3 is 14.4 Å². The van der Waals surface area contributed by atoms with Crippen LogP contribution in [0.4, 0.5) is 17.1 Å². The topological polar surface area (TPSA) is 21.7 Å². The van der Waals surface area contributed by atoms with Gasteiger partial charge in [-0.15, -0.1) is 0 Å². The number of anilines is 3. The number of nitrogens with zero attached hydrogens (tertiary/aromatic N) is 1. The molecule has 0 saturated heterocycles. The third kappa shape index (κ3) is 4.03. The van der Waals surface area contributed by atoms with Crippen molar-refractivity contribution in [3.05, 3.63) is 109 Å². The summed E-state index contributed by atoms with van der Waals surface area (Å²) in [6, 6.07) is 33.2. The minimum Gasteiger partial charge on any atom is -0.492 e. The van der Waals surface area contributed by atoms with Crippen LogP contribution in [0.2, 0.25) is 0 Å². The van der Waals surface area contributed by atoms with Gasteiger partial charge in [-0.05, 0) is 48.0 Å². The van der Waals surface area contributed by atoms with Crippen molar-refractivity contribution >= 4 is 23.1 Å². The van der Waals surface area contributed by atoms with Crippen molar-refractivity contribution in [2.24, 2.45) is 0 Å². The van der Waals surface area contributed by atoms with Gasteiger partial charge in [0.05, 0.1) is 14.2 Å². The molecule has 0 atom stereocenters. The second kappa shape index (κ2) is 9.23. The fourth-order valence-corrected chi connectivity index (χ4v) is 3.77. The van der Waals surface area contributed by atoms with Gasteiger partial charge in [0.2, 0.25) is 0 Å². The van der Waals surface area contributed by atoms with Crippen LogP contribution in [0.3, 0.4) is 0 Å². The van der Waals surface area contributed by atoms with Gasteiger partial charge in [-0.1, -0.05) is 67.3 Å². The maximum absolute atomic E-state index is 5.70. The minimum absolute atomic E-state index is 0.689. The predicted molar refractivity (Wildman–Crippen MR) is 130 cm³/mol. The summed E-state index contributed by atoms with van der Waals surface area (Å²) >= 11 is 0. The third-order valence-corrected chi connectivity index (χ3v) is 5.24. The summed E-state index contributed by atoms with van der Waals surface area (Å²) in [5.74, 6) is 1.39. The third-order valence-electron chi connectivity index (χ3n) is 5.24. The second-order valence-corrected chi connectivity index (χ2v) is 7.03. The molecule has 0 N–H and O–H groups in total. The zero-order valence-corrected chi connectivity index (χ0v) is 17.8. The van der Waals surface area contributed by atoms with Crippen molar-refractivity contribution in [3.63, 3.8) is 0 Å². The fraction of sp³-hybridized carbons (Fsp3) is 0.0714. The lowest BCUT2D eigenvalue weighted by molar-refractivity contribution is 0.355. The number of rotatable bonds is 7. The smallest absolute Gasteiger partial charge is 0.169 e. The number of hydrogen-bond donors (Lipinski definition) is 0. The summed E-state index contributed by atoms with van der Waals surface area (Å²) in [7, 11) is 3.31. The van der Waals surface area contributed by atoms with Gasteiger partial charge in [0, 0.05) is 28.2 Å². The van der Waals surface area contributed by atoms with E-state index in [1.54, 1.807) is 20.3 Å². The van der Waals surface area contributed by atoms with Crippen LogP contribution in [-0.2, 0) is 0 Å². The number of hydrogen-bond acceptors (Lipinski definition) is 3. The van der Waals surface area contributed by atoms with Gasteiger partial charge in [-0.3, -0.25) is 0 Å². The molecule has 0 heterocycles. The number of ether oxygens (including phenoxy) is 2. The molecule has 4 aromatic rings. The first-order valence-electron chi connectivity index (χ1n) is 10.1. The Morgan fingerprint density at radius 3 is 1.61 bits per heavy atom. The van der Waals surface area contributed by atoms with Crippen LogP contribution in [0, 0.1) is 0 Å². The first-order chi connectivity index (χ1) is 15.3. The lowest BCUT2D eigenvalue weighted by Crippen LogP contribution is -2.09. The first kappa shape index (κ1) is 20.3. The molecule has 0 radical (unpaired) electrons. The molecule has 0 bridgehead atoms. The molecule has 4 aromatic carbocycles. The van der Waals surface area contributed by atoms with Crippen molar-refractivity contribution < 1.29 is 9.47 Å². The Balaban J connectivity index is 1.78. The molecule has 0 aliphatic rings. The number of benzene rings is 4. The van der Waals surface area contributed by atoms with Crippen LogP contribution < -0.4 is 14.4 Å². The van der Waals surface area contributed by atoms with Crippen LogP contribution in [0.25, 0.3) is 17.2 Å². The standard InChI is InChI=1S/C28H25NO2/c1-4-21-17-20-26(28(31-3)27(21)30-2)22-15-18-25(19-16-22)29(23-11-7-5-8-12-23)24-13-9-6-10-14-24/h4-20H,1H2,2-3H3. The lowest BCUT2D eigenvalue weighted by Gasteiger charge is -2.25. The lowest BCUT2D eigenvalue weighted by atomic mass is 10.0. The zero-order chi connectivity index (χ0) is 21.6. The average molecular weight is 408 g/mol. The Morgan fingerprint density at radius 1 is 0.613 bits per heavy atom. The summed E-state index contributed by atoms with van der Waals surface area (Å²) in [6.45, 7) is 3.86. The van der Waals surface area contributed by atoms with E-state index in [1.165, 1.54) is 0 Å². The zero-order valence-electron chi connectivity index (χ0n) is 17.8. The molecular formula is C28H25NO2. The molecule has 3 heteroatoms. The van der Waals surface area contributed by atoms with E-state index in [0.29, 0.717) is 11.5 Å². The van der Waals surface area contributed by atoms with E-state index in [-0.39, 0.29) is 0 Å². The summed E-state index contributed by atoms with van der Waals surface area (Å²) in [4.78, 5) is 2.24. The average Bonchev–Trinajstić information content (AvgIpc) is 2.85. The highest BCUT2D eigenvalue weighted by Gasteiger charge is 2.16. The molecule has 3 nitrogen and oxygen atoms in total. The predicted octanol–water partition coefficient (Wildman–Crippen LogP) is 7.48. The first-order valence-corrected chi connectivity index (χ1v) is 10.1. The van der Waals surface area contributed by atoms with E-state index >= 15 is 0 Å². The van der Waals surface area contributed by atoms with E-state index < -0.39 is 0 Å². The van der Waals surface area contributed by atoms with Crippen LogP contribution in [0.15, 0.2) is 104 Å². The molecule has 0 saturated carbocycles. The maximum atomic E-state index is 5.70. The highest BCUT2D eigenvalue weighted by Crippen LogP contribution is 2.42. The molecule has 4 rings (SSSR count). The Hall–Kier alpha value is -3.98. The van der Waals surface area contributed by atoms with Crippen LogP contribution in [0.5, 0.6) is 11.5 Å². The van der Waals surface area contributed by atoms with Crippen LogP contribution in [0.1, 0.15) is 5.56 Å². The molecule has 0 aromatic heterocycles. The summed E-state index contributed by atoms with van der Waals surface area (Å²) in [5.41, 5.74) is 6.22. The molecule has 31 heavy (non-hydrogen) atoms. The van der Waals surface area contributed by atoms with Crippen LogP contribution >= 0.6 is 0 Å². The Kier molecular flexibility index (Phi) is 6.04. The summed E-state index contributed by atoms with van der Waals surface area (Å²) < 4.78 is 11.3. The van der Waals surface area contributed by atoms with E-state index in [1.807, 2.05) is 24.3 Å². The van der Waals surface area contributed by atoms with Crippen LogP contribution in [-0.4, -0.2) is 14.2 Å². The molecule has 0 aliphatic carbocycles. The molecule has 0 fully saturated rings. The molecule has 154 valence electrons. The van der Waals surface area contributed by atoms with E-state index in [2.05, 4.69) is 84.3 Å². The number of para-hydroxylation sites is 2. The SMILES string of the molecule is C=Cc1ccc(-c2ccc(N(c3ccccc3)c3ccccc3)cc2)c(OC)c1OC. The normalized spacial score (nSPS) is 10.4. The quantitative estimate of drug-likeness (QED) is 0.317. The Bertz CT molecular complexity index is 1110. The van der Waals surface area contributed by atoms with E-state index in [0.717, 1.165) is 33.8 Å². The highest BCUT2D eigenvalue weighted by atomic mass is 16.5. The van der Waals surface area contributed by atoms with Crippen molar-refractivity contribution in [3.8, 4) is 22.6 Å².